The van der Waals surface area contributed by atoms with E-state index in [0.29, 0.717) is 6.61 Å². The van der Waals surface area contributed by atoms with E-state index in [2.05, 4.69) is 27.2 Å². The van der Waals surface area contributed by atoms with Crippen molar-refractivity contribution in [3.05, 3.63) is 30.3 Å². The summed E-state index contributed by atoms with van der Waals surface area (Å²) in [7, 11) is 0. The highest BCUT2D eigenvalue weighted by Crippen LogP contribution is 2.15. The largest absolute Gasteiger partial charge is 0.448 e. The highest BCUT2D eigenvalue weighted by Gasteiger charge is 2.22. The van der Waals surface area contributed by atoms with Gasteiger partial charge in [-0.2, -0.15) is 0 Å². The van der Waals surface area contributed by atoms with Crippen molar-refractivity contribution < 1.29 is 9.53 Å². The number of carbonyl (C=O) groups is 1. The molecule has 0 aliphatic carbocycles. The molecule has 3 rings (SSSR count). The molecule has 0 radical (unpaired) electrons. The summed E-state index contributed by atoms with van der Waals surface area (Å²) in [5.74, 6) is 0. The number of anilines is 1. The van der Waals surface area contributed by atoms with E-state index in [4.69, 9.17) is 4.74 Å². The molecule has 0 unspecified atom stereocenters. The van der Waals surface area contributed by atoms with Gasteiger partial charge in [-0.15, -0.1) is 37.2 Å². The lowest BCUT2D eigenvalue weighted by Crippen LogP contribution is -2.49. The third kappa shape index (κ3) is 7.37. The Balaban J connectivity index is 0.00000208. The minimum atomic E-state index is -0.173. The molecule has 1 N–H and O–H groups in total. The zero-order valence-corrected chi connectivity index (χ0v) is 17.3. The molecule has 1 amide bonds. The highest BCUT2D eigenvalue weighted by atomic mass is 35.5. The van der Waals surface area contributed by atoms with Gasteiger partial charge in [-0.3, -0.25) is 4.90 Å². The van der Waals surface area contributed by atoms with Crippen LogP contribution in [0.2, 0.25) is 0 Å². The van der Waals surface area contributed by atoms with Crippen LogP contribution in [-0.4, -0.2) is 81.4 Å². The summed E-state index contributed by atoms with van der Waals surface area (Å²) in [6.45, 7) is 8.59. The van der Waals surface area contributed by atoms with Crippen LogP contribution >= 0.6 is 37.2 Å². The van der Waals surface area contributed by atoms with Crippen LogP contribution in [0.4, 0.5) is 10.5 Å². The molecule has 0 aromatic heterocycles. The van der Waals surface area contributed by atoms with Crippen LogP contribution in [0.5, 0.6) is 0 Å². The van der Waals surface area contributed by atoms with Crippen molar-refractivity contribution in [3.63, 3.8) is 0 Å². The summed E-state index contributed by atoms with van der Waals surface area (Å²) >= 11 is 0. The molecule has 2 saturated heterocycles. The number of nitrogens with one attached hydrogen (secondary N) is 1. The zero-order chi connectivity index (χ0) is 15.9. The lowest BCUT2D eigenvalue weighted by Gasteiger charge is -2.35. The zero-order valence-electron chi connectivity index (χ0n) is 14.8. The van der Waals surface area contributed by atoms with Crippen LogP contribution in [0.25, 0.3) is 0 Å². The van der Waals surface area contributed by atoms with E-state index in [1.807, 2.05) is 23.1 Å². The molecule has 2 heterocycles. The maximum Gasteiger partial charge on any atom is 0.409 e. The molecule has 150 valence electrons. The number of carbonyl (C=O) groups excluding carboxylic acids is 1. The molecule has 0 spiro atoms. The fourth-order valence-electron chi connectivity index (χ4n) is 3.07. The number of para-hydroxylation sites is 1. The highest BCUT2D eigenvalue weighted by molar-refractivity contribution is 5.86. The summed E-state index contributed by atoms with van der Waals surface area (Å²) in [4.78, 5) is 18.6. The van der Waals surface area contributed by atoms with Gasteiger partial charge in [-0.05, 0) is 12.1 Å². The van der Waals surface area contributed by atoms with Crippen LogP contribution in [0.1, 0.15) is 0 Å². The molecular formula is C17H29Cl3N4O2. The second-order valence-electron chi connectivity index (χ2n) is 6.02. The Morgan fingerprint density at radius 1 is 0.923 bits per heavy atom. The van der Waals surface area contributed by atoms with Gasteiger partial charge < -0.3 is 19.9 Å². The maximum atomic E-state index is 12.1. The molecule has 6 nitrogen and oxygen atoms in total. The van der Waals surface area contributed by atoms with Gasteiger partial charge >= 0.3 is 6.09 Å². The first-order valence-electron chi connectivity index (χ1n) is 8.48. The van der Waals surface area contributed by atoms with Gasteiger partial charge in [0.2, 0.25) is 0 Å². The molecular weight excluding hydrogens is 399 g/mol. The van der Waals surface area contributed by atoms with E-state index in [9.17, 15) is 4.79 Å². The minimum absolute atomic E-state index is 0. The van der Waals surface area contributed by atoms with Crippen molar-refractivity contribution >= 4 is 49.0 Å². The van der Waals surface area contributed by atoms with Crippen molar-refractivity contribution in [2.75, 3.05) is 70.4 Å². The maximum absolute atomic E-state index is 12.1. The van der Waals surface area contributed by atoms with E-state index in [1.165, 1.54) is 5.69 Å². The summed E-state index contributed by atoms with van der Waals surface area (Å²) in [6.07, 6.45) is -0.173. The number of nitrogens with zero attached hydrogens (tertiary/aromatic N) is 3. The molecule has 26 heavy (non-hydrogen) atoms. The normalized spacial score (nSPS) is 17.4. The Hall–Kier alpha value is -0.920. The molecule has 1 aromatic carbocycles. The average Bonchev–Trinajstić information content (AvgIpc) is 2.63. The van der Waals surface area contributed by atoms with Crippen LogP contribution in [0, 0.1) is 0 Å². The summed E-state index contributed by atoms with van der Waals surface area (Å²) < 4.78 is 5.43. The fraction of sp³-hybridized carbons (Fsp3) is 0.588. The SMILES string of the molecule is Cl.Cl.Cl.O=C(OCCN1CCNCC1)N1CCN(c2ccccc2)CC1. The lowest BCUT2D eigenvalue weighted by atomic mass is 10.2. The topological polar surface area (TPSA) is 48.1 Å². The smallest absolute Gasteiger partial charge is 0.409 e. The Labute approximate surface area is 174 Å². The number of rotatable bonds is 4. The summed E-state index contributed by atoms with van der Waals surface area (Å²) in [5.41, 5.74) is 1.22. The Morgan fingerprint density at radius 2 is 1.54 bits per heavy atom. The van der Waals surface area contributed by atoms with Crippen LogP contribution in [0.3, 0.4) is 0 Å². The van der Waals surface area contributed by atoms with Crippen LogP contribution in [-0.2, 0) is 4.74 Å². The molecule has 1 aromatic rings. The minimum Gasteiger partial charge on any atom is -0.448 e. The predicted molar refractivity (Wildman–Crippen MR) is 113 cm³/mol. The molecule has 0 saturated carbocycles. The average molecular weight is 428 g/mol. The van der Waals surface area contributed by atoms with Gasteiger partial charge in [0, 0.05) is 64.6 Å². The van der Waals surface area contributed by atoms with Crippen molar-refractivity contribution in [2.24, 2.45) is 0 Å². The van der Waals surface area contributed by atoms with Crippen molar-refractivity contribution in [1.82, 2.24) is 15.1 Å². The third-order valence-electron chi connectivity index (χ3n) is 4.50. The summed E-state index contributed by atoms with van der Waals surface area (Å²) in [5, 5.41) is 3.32. The number of amides is 1. The van der Waals surface area contributed by atoms with Gasteiger partial charge in [-0.1, -0.05) is 18.2 Å². The number of piperazine rings is 2. The molecule has 2 aliphatic heterocycles. The quantitative estimate of drug-likeness (QED) is 0.797. The summed E-state index contributed by atoms with van der Waals surface area (Å²) in [6, 6.07) is 10.3. The van der Waals surface area contributed by atoms with Crippen molar-refractivity contribution in [2.45, 2.75) is 0 Å². The fourth-order valence-corrected chi connectivity index (χ4v) is 3.07. The Kier molecular flexibility index (Phi) is 12.8. The number of hydrogen-bond acceptors (Lipinski definition) is 5. The number of halogens is 3. The van der Waals surface area contributed by atoms with Crippen molar-refractivity contribution in [1.29, 1.82) is 0 Å². The number of hydrogen-bond donors (Lipinski definition) is 1. The monoisotopic (exact) mass is 426 g/mol. The molecule has 0 atom stereocenters. The number of ether oxygens (including phenoxy) is 1. The van der Waals surface area contributed by atoms with Crippen LogP contribution in [0.15, 0.2) is 30.3 Å². The molecule has 2 aliphatic rings. The molecule has 0 bridgehead atoms. The van der Waals surface area contributed by atoms with E-state index < -0.39 is 0 Å². The van der Waals surface area contributed by atoms with E-state index in [-0.39, 0.29) is 43.3 Å². The van der Waals surface area contributed by atoms with Gasteiger partial charge in [0.1, 0.15) is 6.61 Å². The van der Waals surface area contributed by atoms with Gasteiger partial charge in [-0.25, -0.2) is 4.79 Å². The number of benzene rings is 1. The Morgan fingerprint density at radius 3 is 2.15 bits per heavy atom. The van der Waals surface area contributed by atoms with Gasteiger partial charge in [0.15, 0.2) is 0 Å². The van der Waals surface area contributed by atoms with Crippen LogP contribution < -0.4 is 10.2 Å². The first kappa shape index (κ1) is 25.1. The molecule has 9 heteroatoms. The first-order chi connectivity index (χ1) is 11.3. The second-order valence-corrected chi connectivity index (χ2v) is 6.02. The Bertz CT molecular complexity index is 496. The van der Waals surface area contributed by atoms with E-state index >= 15 is 0 Å². The second kappa shape index (κ2) is 13.3. The third-order valence-corrected chi connectivity index (χ3v) is 4.50. The standard InChI is InChI=1S/C17H26N4O2.3ClH/c22-17(23-15-14-19-8-6-18-7-9-19)21-12-10-20(11-13-21)16-4-2-1-3-5-16;;;/h1-5,18H,6-15H2;3*1H. The van der Waals surface area contributed by atoms with E-state index in [1.54, 1.807) is 0 Å². The molecule has 2 fully saturated rings. The van der Waals surface area contributed by atoms with E-state index in [0.717, 1.165) is 58.9 Å². The van der Waals surface area contributed by atoms with Gasteiger partial charge in [0.25, 0.3) is 0 Å². The lowest BCUT2D eigenvalue weighted by molar-refractivity contribution is 0.0865. The first-order valence-corrected chi connectivity index (χ1v) is 8.48. The van der Waals surface area contributed by atoms with Crippen molar-refractivity contribution in [3.8, 4) is 0 Å². The predicted octanol–water partition coefficient (Wildman–Crippen LogP) is 2.12. The van der Waals surface area contributed by atoms with Gasteiger partial charge in [0.05, 0.1) is 0 Å².